The zero-order chi connectivity index (χ0) is 10.3. The molecule has 74 valence electrons. The number of hydrogen-bond donors (Lipinski definition) is 2. The molecule has 0 atom stereocenters. The zero-order valence-corrected chi connectivity index (χ0v) is 7.92. The molecule has 0 spiro atoms. The number of imidazole rings is 1. The summed E-state index contributed by atoms with van der Waals surface area (Å²) < 4.78 is 22.4. The van der Waals surface area contributed by atoms with Crippen LogP contribution in [0, 0.1) is 0 Å². The van der Waals surface area contributed by atoms with Crippen molar-refractivity contribution in [2.75, 3.05) is 6.26 Å². The third-order valence-electron chi connectivity index (χ3n) is 1.68. The van der Waals surface area contributed by atoms with Gasteiger partial charge >= 0.3 is 0 Å². The first-order valence-electron chi connectivity index (χ1n) is 3.62. The van der Waals surface area contributed by atoms with E-state index in [4.69, 9.17) is 0 Å². The number of fused-ring (bicyclic) bond motifs is 1. The van der Waals surface area contributed by atoms with E-state index in [0.717, 1.165) is 6.26 Å². The van der Waals surface area contributed by atoms with Gasteiger partial charge in [-0.1, -0.05) is 0 Å². The predicted molar refractivity (Wildman–Crippen MR) is 47.6 cm³/mol. The van der Waals surface area contributed by atoms with Crippen LogP contribution in [0.2, 0.25) is 0 Å². The number of sulfone groups is 1. The van der Waals surface area contributed by atoms with E-state index in [9.17, 15) is 13.2 Å². The fourth-order valence-electron chi connectivity index (χ4n) is 1.10. The summed E-state index contributed by atoms with van der Waals surface area (Å²) in [5.41, 5.74) is -0.318. The molecule has 8 heteroatoms. The van der Waals surface area contributed by atoms with Gasteiger partial charge in [0.25, 0.3) is 5.56 Å². The van der Waals surface area contributed by atoms with Gasteiger partial charge in [0, 0.05) is 6.26 Å². The lowest BCUT2D eigenvalue weighted by molar-refractivity contribution is 0.597. The van der Waals surface area contributed by atoms with Crippen molar-refractivity contribution in [2.45, 2.75) is 5.03 Å². The summed E-state index contributed by atoms with van der Waals surface area (Å²) in [5, 5.41) is 5.29. The molecule has 2 heterocycles. The van der Waals surface area contributed by atoms with Crippen molar-refractivity contribution < 1.29 is 8.42 Å². The van der Waals surface area contributed by atoms with Crippen LogP contribution in [-0.4, -0.2) is 34.8 Å². The average Bonchev–Trinajstić information content (AvgIpc) is 2.50. The third kappa shape index (κ3) is 1.20. The van der Waals surface area contributed by atoms with Gasteiger partial charge in [-0.2, -0.15) is 5.10 Å². The predicted octanol–water partition coefficient (Wildman–Crippen LogP) is -0.950. The summed E-state index contributed by atoms with van der Waals surface area (Å²) in [5.74, 6) is 0. The molecule has 0 aliphatic heterocycles. The van der Waals surface area contributed by atoms with E-state index in [1.165, 1.54) is 6.33 Å². The van der Waals surface area contributed by atoms with E-state index in [-0.39, 0.29) is 16.1 Å². The first-order chi connectivity index (χ1) is 6.50. The topological polar surface area (TPSA) is 109 Å². The van der Waals surface area contributed by atoms with Gasteiger partial charge in [-0.25, -0.2) is 18.5 Å². The van der Waals surface area contributed by atoms with E-state index >= 15 is 0 Å². The molecule has 0 amide bonds. The lowest BCUT2D eigenvalue weighted by Gasteiger charge is -1.95. The Kier molecular flexibility index (Phi) is 1.68. The highest BCUT2D eigenvalue weighted by Gasteiger charge is 2.17. The minimum Gasteiger partial charge on any atom is -0.340 e. The maximum atomic E-state index is 11.2. The highest BCUT2D eigenvalue weighted by Crippen LogP contribution is 2.12. The molecule has 14 heavy (non-hydrogen) atoms. The lowest BCUT2D eigenvalue weighted by Crippen LogP contribution is -2.13. The van der Waals surface area contributed by atoms with Crippen LogP contribution in [0.15, 0.2) is 16.1 Å². The summed E-state index contributed by atoms with van der Waals surface area (Å²) >= 11 is 0. The second kappa shape index (κ2) is 2.64. The summed E-state index contributed by atoms with van der Waals surface area (Å²) in [4.78, 5) is 17.4. The first-order valence-corrected chi connectivity index (χ1v) is 5.51. The molecule has 0 aliphatic carbocycles. The van der Waals surface area contributed by atoms with E-state index in [1.807, 2.05) is 0 Å². The fraction of sp³-hybridized carbons (Fsp3) is 0.167. The maximum absolute atomic E-state index is 11.2. The molecule has 0 aromatic carbocycles. The molecule has 0 fully saturated rings. The van der Waals surface area contributed by atoms with Crippen molar-refractivity contribution in [3.63, 3.8) is 0 Å². The molecule has 0 bridgehead atoms. The summed E-state index contributed by atoms with van der Waals surface area (Å²) in [6.45, 7) is 0. The standard InChI is InChI=1S/C6H6N4O3S/c1-14(12,13)6-4-3(7-2-8-4)5(11)9-10-6/h2H,1H3,(H,7,8)(H,9,11). The monoisotopic (exact) mass is 214 g/mol. The maximum Gasteiger partial charge on any atom is 0.290 e. The molecule has 0 unspecified atom stereocenters. The second-order valence-corrected chi connectivity index (χ2v) is 4.69. The number of H-pyrrole nitrogens is 2. The van der Waals surface area contributed by atoms with Gasteiger partial charge in [0.15, 0.2) is 9.84 Å². The first kappa shape index (κ1) is 8.88. The van der Waals surface area contributed by atoms with Gasteiger partial charge < -0.3 is 4.98 Å². The fourth-order valence-corrected chi connectivity index (χ4v) is 1.82. The number of nitrogens with zero attached hydrogens (tertiary/aromatic N) is 2. The number of hydrogen-bond acceptors (Lipinski definition) is 5. The van der Waals surface area contributed by atoms with E-state index in [2.05, 4.69) is 20.2 Å². The molecule has 0 saturated carbocycles. The Morgan fingerprint density at radius 1 is 1.43 bits per heavy atom. The van der Waals surface area contributed by atoms with Crippen LogP contribution in [0.25, 0.3) is 11.0 Å². The zero-order valence-electron chi connectivity index (χ0n) is 7.10. The van der Waals surface area contributed by atoms with Crippen molar-refractivity contribution in [3.8, 4) is 0 Å². The Bertz CT molecular complexity index is 638. The Labute approximate surface area is 78.1 Å². The average molecular weight is 214 g/mol. The largest absolute Gasteiger partial charge is 0.340 e. The van der Waals surface area contributed by atoms with E-state index < -0.39 is 15.4 Å². The highest BCUT2D eigenvalue weighted by molar-refractivity contribution is 7.90. The lowest BCUT2D eigenvalue weighted by atomic mass is 10.5. The second-order valence-electron chi connectivity index (χ2n) is 2.76. The van der Waals surface area contributed by atoms with Gasteiger partial charge in [0.1, 0.15) is 11.0 Å². The van der Waals surface area contributed by atoms with Gasteiger partial charge in [-0.15, -0.1) is 0 Å². The van der Waals surface area contributed by atoms with Crippen molar-refractivity contribution in [1.82, 2.24) is 20.2 Å². The number of nitrogens with one attached hydrogen (secondary N) is 2. The van der Waals surface area contributed by atoms with Gasteiger partial charge in [0.05, 0.1) is 6.33 Å². The molecular formula is C6H6N4O3S. The van der Waals surface area contributed by atoms with Crippen molar-refractivity contribution in [2.24, 2.45) is 0 Å². The van der Waals surface area contributed by atoms with Gasteiger partial charge in [-0.3, -0.25) is 4.79 Å². The van der Waals surface area contributed by atoms with Crippen LogP contribution < -0.4 is 5.56 Å². The van der Waals surface area contributed by atoms with Crippen LogP contribution in [0.4, 0.5) is 0 Å². The molecular weight excluding hydrogens is 208 g/mol. The van der Waals surface area contributed by atoms with E-state index in [0.29, 0.717) is 0 Å². The Hall–Kier alpha value is -1.70. The Morgan fingerprint density at radius 2 is 2.14 bits per heavy atom. The minimum absolute atomic E-state index is 0.0660. The van der Waals surface area contributed by atoms with E-state index in [1.54, 1.807) is 0 Å². The summed E-state index contributed by atoms with van der Waals surface area (Å²) in [6, 6.07) is 0. The Balaban J connectivity index is 3.01. The molecule has 2 aromatic heterocycles. The van der Waals surface area contributed by atoms with Crippen LogP contribution >= 0.6 is 0 Å². The number of rotatable bonds is 1. The van der Waals surface area contributed by atoms with Crippen LogP contribution in [0.3, 0.4) is 0 Å². The molecule has 0 saturated heterocycles. The third-order valence-corrected chi connectivity index (χ3v) is 2.67. The van der Waals surface area contributed by atoms with Crippen LogP contribution in [0.1, 0.15) is 0 Å². The van der Waals surface area contributed by atoms with Crippen molar-refractivity contribution >= 4 is 20.9 Å². The molecule has 2 N–H and O–H groups in total. The Morgan fingerprint density at radius 3 is 2.79 bits per heavy atom. The molecule has 0 radical (unpaired) electrons. The highest BCUT2D eigenvalue weighted by atomic mass is 32.2. The molecule has 0 aliphatic rings. The molecule has 7 nitrogen and oxygen atoms in total. The summed E-state index contributed by atoms with van der Waals surface area (Å²) in [7, 11) is -3.48. The van der Waals surface area contributed by atoms with Crippen molar-refractivity contribution in [1.29, 1.82) is 0 Å². The van der Waals surface area contributed by atoms with Gasteiger partial charge in [-0.05, 0) is 0 Å². The smallest absolute Gasteiger partial charge is 0.290 e. The normalized spacial score (nSPS) is 12.1. The summed E-state index contributed by atoms with van der Waals surface area (Å²) in [6.07, 6.45) is 2.25. The number of aromatic amines is 2. The molecule has 2 rings (SSSR count). The SMILES string of the molecule is CS(=O)(=O)c1n[nH]c(=O)c2[nH]cnc12. The molecule has 2 aromatic rings. The van der Waals surface area contributed by atoms with Gasteiger partial charge in [0.2, 0.25) is 5.03 Å². The van der Waals surface area contributed by atoms with Crippen molar-refractivity contribution in [3.05, 3.63) is 16.7 Å². The number of aromatic nitrogens is 4. The minimum atomic E-state index is -3.48. The van der Waals surface area contributed by atoms with Crippen LogP contribution in [-0.2, 0) is 9.84 Å². The quantitative estimate of drug-likeness (QED) is 0.636. The van der Waals surface area contributed by atoms with Crippen LogP contribution in [0.5, 0.6) is 0 Å².